The van der Waals surface area contributed by atoms with Crippen LogP contribution >= 0.6 is 11.8 Å². The van der Waals surface area contributed by atoms with E-state index in [4.69, 9.17) is 14.6 Å². The van der Waals surface area contributed by atoms with Gasteiger partial charge in [-0.2, -0.15) is 4.31 Å². The Hall–Kier alpha value is -1.49. The van der Waals surface area contributed by atoms with Crippen LogP contribution in [0.4, 0.5) is 0 Å². The third-order valence-electron chi connectivity index (χ3n) is 4.04. The summed E-state index contributed by atoms with van der Waals surface area (Å²) in [6.45, 7) is 1.15. The van der Waals surface area contributed by atoms with Gasteiger partial charge in [0.1, 0.15) is 16.4 Å². The molecule has 0 bridgehead atoms. The van der Waals surface area contributed by atoms with Crippen molar-refractivity contribution in [3.05, 3.63) is 18.2 Å². The second-order valence-electron chi connectivity index (χ2n) is 5.58. The summed E-state index contributed by atoms with van der Waals surface area (Å²) in [6.07, 6.45) is 0. The fourth-order valence-corrected chi connectivity index (χ4v) is 4.84. The van der Waals surface area contributed by atoms with Crippen molar-refractivity contribution in [2.75, 3.05) is 58.5 Å². The van der Waals surface area contributed by atoms with Gasteiger partial charge in [-0.05, 0) is 12.1 Å². The average Bonchev–Trinajstić information content (AvgIpc) is 2.67. The number of sulfonamides is 1. The molecule has 1 aromatic rings. The molecule has 0 radical (unpaired) electrons. The van der Waals surface area contributed by atoms with Crippen molar-refractivity contribution in [2.45, 2.75) is 4.90 Å². The predicted molar refractivity (Wildman–Crippen MR) is 99.3 cm³/mol. The summed E-state index contributed by atoms with van der Waals surface area (Å²) >= 11 is 1.36. The number of carbonyl (C=O) groups excluding carboxylic acids is 1. The van der Waals surface area contributed by atoms with Crippen molar-refractivity contribution in [1.82, 2.24) is 9.21 Å². The predicted octanol–water partition coefficient (Wildman–Crippen LogP) is 0.262. The third kappa shape index (κ3) is 4.81. The van der Waals surface area contributed by atoms with Gasteiger partial charge >= 0.3 is 0 Å². The molecule has 0 aromatic heterocycles. The van der Waals surface area contributed by atoms with Crippen LogP contribution in [0.2, 0.25) is 0 Å². The van der Waals surface area contributed by atoms with E-state index in [9.17, 15) is 13.2 Å². The third-order valence-corrected chi connectivity index (χ3v) is 6.88. The Morgan fingerprint density at radius 2 is 1.88 bits per heavy atom. The molecule has 0 spiro atoms. The van der Waals surface area contributed by atoms with Crippen LogP contribution in [-0.2, 0) is 14.8 Å². The number of ether oxygens (including phenoxy) is 2. The normalized spacial score (nSPS) is 15.7. The number of rotatable bonds is 8. The highest BCUT2D eigenvalue weighted by Gasteiger charge is 2.32. The number of hydrogen-bond donors (Lipinski definition) is 1. The maximum atomic E-state index is 13.0. The summed E-state index contributed by atoms with van der Waals surface area (Å²) in [4.78, 5) is 13.8. The monoisotopic (exact) mass is 404 g/mol. The second-order valence-corrected chi connectivity index (χ2v) is 8.59. The van der Waals surface area contributed by atoms with Gasteiger partial charge in [0.15, 0.2) is 0 Å². The Labute approximate surface area is 158 Å². The molecule has 1 amide bonds. The van der Waals surface area contributed by atoms with Crippen molar-refractivity contribution in [3.63, 3.8) is 0 Å². The van der Waals surface area contributed by atoms with Gasteiger partial charge in [-0.25, -0.2) is 8.42 Å². The number of piperazine rings is 1. The van der Waals surface area contributed by atoms with E-state index in [1.54, 1.807) is 17.0 Å². The van der Waals surface area contributed by atoms with Gasteiger partial charge in [-0.3, -0.25) is 4.79 Å². The molecule has 10 heteroatoms. The number of methoxy groups -OCH3 is 2. The molecule has 0 saturated carbocycles. The van der Waals surface area contributed by atoms with Crippen molar-refractivity contribution < 1.29 is 27.8 Å². The van der Waals surface area contributed by atoms with E-state index in [2.05, 4.69) is 0 Å². The molecule has 0 aliphatic carbocycles. The molecule has 0 atom stereocenters. The number of aliphatic hydroxyl groups excluding tert-OH is 1. The molecular weight excluding hydrogens is 380 g/mol. The summed E-state index contributed by atoms with van der Waals surface area (Å²) < 4.78 is 37.6. The summed E-state index contributed by atoms with van der Waals surface area (Å²) in [5.74, 6) is 1.44. The molecule has 26 heavy (non-hydrogen) atoms. The lowest BCUT2D eigenvalue weighted by molar-refractivity contribution is -0.129. The smallest absolute Gasteiger partial charge is 0.247 e. The summed E-state index contributed by atoms with van der Waals surface area (Å²) in [5, 5.41) is 8.76. The fourth-order valence-electron chi connectivity index (χ4n) is 2.62. The number of benzene rings is 1. The van der Waals surface area contributed by atoms with Crippen LogP contribution in [0, 0.1) is 0 Å². The molecule has 146 valence electrons. The molecule has 2 rings (SSSR count). The zero-order valence-corrected chi connectivity index (χ0v) is 16.5. The highest BCUT2D eigenvalue weighted by Crippen LogP contribution is 2.31. The molecule has 1 heterocycles. The molecule has 1 aliphatic heterocycles. The van der Waals surface area contributed by atoms with Crippen molar-refractivity contribution in [3.8, 4) is 11.5 Å². The minimum atomic E-state index is -3.76. The van der Waals surface area contributed by atoms with E-state index < -0.39 is 10.0 Å². The topological polar surface area (TPSA) is 96.4 Å². The zero-order valence-electron chi connectivity index (χ0n) is 14.9. The number of hydrogen-bond acceptors (Lipinski definition) is 7. The Morgan fingerprint density at radius 3 is 2.46 bits per heavy atom. The van der Waals surface area contributed by atoms with Crippen molar-refractivity contribution in [2.24, 2.45) is 0 Å². The van der Waals surface area contributed by atoms with Gasteiger partial charge in [-0.1, -0.05) is 0 Å². The van der Waals surface area contributed by atoms with Gasteiger partial charge in [0.25, 0.3) is 0 Å². The maximum Gasteiger partial charge on any atom is 0.247 e. The summed E-state index contributed by atoms with van der Waals surface area (Å²) in [6, 6.07) is 4.64. The largest absolute Gasteiger partial charge is 0.497 e. The average molecular weight is 405 g/mol. The zero-order chi connectivity index (χ0) is 19.2. The molecule has 1 aliphatic rings. The van der Waals surface area contributed by atoms with E-state index in [1.807, 2.05) is 0 Å². The standard InChI is InChI=1S/C16H24N2O6S2/c1-23-13-3-4-14(24-2)15(11-13)26(21,22)18-7-5-17(6-8-18)16(20)12-25-10-9-19/h3-4,11,19H,5-10,12H2,1-2H3. The highest BCUT2D eigenvalue weighted by atomic mass is 32.2. The fraction of sp³-hybridized carbons (Fsp3) is 0.562. The first-order valence-electron chi connectivity index (χ1n) is 8.12. The van der Waals surface area contributed by atoms with E-state index >= 15 is 0 Å². The minimum absolute atomic E-state index is 0.0341. The van der Waals surface area contributed by atoms with E-state index in [-0.39, 0.29) is 42.0 Å². The van der Waals surface area contributed by atoms with Crippen molar-refractivity contribution in [1.29, 1.82) is 0 Å². The van der Waals surface area contributed by atoms with Crippen LogP contribution in [0.15, 0.2) is 23.1 Å². The van der Waals surface area contributed by atoms with Gasteiger partial charge in [-0.15, -0.1) is 11.8 Å². The molecular formula is C16H24N2O6S2. The molecule has 1 saturated heterocycles. The highest BCUT2D eigenvalue weighted by molar-refractivity contribution is 7.99. The summed E-state index contributed by atoms with van der Waals surface area (Å²) in [7, 11) is -0.868. The first-order chi connectivity index (χ1) is 12.4. The van der Waals surface area contributed by atoms with Crippen LogP contribution in [0.3, 0.4) is 0 Å². The lowest BCUT2D eigenvalue weighted by Crippen LogP contribution is -2.51. The Balaban J connectivity index is 2.07. The number of thioether (sulfide) groups is 1. The van der Waals surface area contributed by atoms with E-state index in [0.29, 0.717) is 24.6 Å². The summed E-state index contributed by atoms with van der Waals surface area (Å²) in [5.41, 5.74) is 0. The number of amides is 1. The van der Waals surface area contributed by atoms with Gasteiger partial charge in [0.2, 0.25) is 15.9 Å². The Kier molecular flexibility index (Phi) is 7.56. The first-order valence-corrected chi connectivity index (χ1v) is 10.7. The van der Waals surface area contributed by atoms with E-state index in [0.717, 1.165) is 0 Å². The number of carbonyl (C=O) groups is 1. The SMILES string of the molecule is COc1ccc(OC)c(S(=O)(=O)N2CCN(C(=O)CSCCO)CC2)c1. The molecule has 0 unspecified atom stereocenters. The quantitative estimate of drug-likeness (QED) is 0.621. The number of aliphatic hydroxyl groups is 1. The lowest BCUT2D eigenvalue weighted by Gasteiger charge is -2.34. The molecule has 1 N–H and O–H groups in total. The second kappa shape index (κ2) is 9.45. The van der Waals surface area contributed by atoms with Crippen LogP contribution in [-0.4, -0.2) is 87.1 Å². The molecule has 8 nitrogen and oxygen atoms in total. The molecule has 1 fully saturated rings. The van der Waals surface area contributed by atoms with Crippen LogP contribution in [0.25, 0.3) is 0 Å². The maximum absolute atomic E-state index is 13.0. The van der Waals surface area contributed by atoms with Crippen molar-refractivity contribution >= 4 is 27.7 Å². The van der Waals surface area contributed by atoms with Crippen LogP contribution in [0.1, 0.15) is 0 Å². The lowest BCUT2D eigenvalue weighted by atomic mass is 10.3. The first kappa shape index (κ1) is 20.8. The van der Waals surface area contributed by atoms with E-state index in [1.165, 1.54) is 36.4 Å². The van der Waals surface area contributed by atoms with Gasteiger partial charge in [0.05, 0.1) is 26.6 Å². The Morgan fingerprint density at radius 1 is 1.19 bits per heavy atom. The minimum Gasteiger partial charge on any atom is -0.497 e. The van der Waals surface area contributed by atoms with Gasteiger partial charge in [0, 0.05) is 38.0 Å². The van der Waals surface area contributed by atoms with Crippen LogP contribution in [0.5, 0.6) is 11.5 Å². The van der Waals surface area contributed by atoms with Gasteiger partial charge < -0.3 is 19.5 Å². The molecule has 1 aromatic carbocycles. The van der Waals surface area contributed by atoms with Crippen LogP contribution < -0.4 is 9.47 Å². The number of nitrogens with zero attached hydrogens (tertiary/aromatic N) is 2. The Bertz CT molecular complexity index is 717.